The fourth-order valence-corrected chi connectivity index (χ4v) is 1.62. The van der Waals surface area contributed by atoms with E-state index in [0.717, 1.165) is 37.4 Å². The van der Waals surface area contributed by atoms with Gasteiger partial charge >= 0.3 is 0 Å². The Morgan fingerprint density at radius 3 is 2.83 bits per heavy atom. The Morgan fingerprint density at radius 2 is 2.17 bits per heavy atom. The number of methoxy groups -OCH3 is 1. The summed E-state index contributed by atoms with van der Waals surface area (Å²) >= 11 is 0. The van der Waals surface area contributed by atoms with Crippen LogP contribution in [0.15, 0.2) is 30.9 Å². The molecule has 0 unspecified atom stereocenters. The van der Waals surface area contributed by atoms with Crippen molar-refractivity contribution in [1.82, 2.24) is 5.32 Å². The van der Waals surface area contributed by atoms with Gasteiger partial charge in [0.05, 0.1) is 13.7 Å². The number of rotatable bonds is 9. The summed E-state index contributed by atoms with van der Waals surface area (Å²) in [5.41, 5.74) is 1.20. The minimum atomic E-state index is 0.688. The lowest BCUT2D eigenvalue weighted by atomic mass is 10.2. The fraction of sp³-hybridized carbons (Fsp3) is 0.467. The van der Waals surface area contributed by atoms with Crippen LogP contribution < -0.4 is 14.8 Å². The minimum absolute atomic E-state index is 0.688. The molecule has 1 aromatic rings. The first kappa shape index (κ1) is 14.6. The van der Waals surface area contributed by atoms with E-state index in [0.29, 0.717) is 6.61 Å². The maximum Gasteiger partial charge on any atom is 0.161 e. The second-order valence-corrected chi connectivity index (χ2v) is 4.04. The van der Waals surface area contributed by atoms with E-state index in [1.54, 1.807) is 7.11 Å². The molecule has 0 radical (unpaired) electrons. The van der Waals surface area contributed by atoms with Crippen LogP contribution in [0.4, 0.5) is 0 Å². The number of unbranched alkanes of at least 4 members (excludes halogenated alkanes) is 1. The third-order valence-corrected chi connectivity index (χ3v) is 2.62. The van der Waals surface area contributed by atoms with Gasteiger partial charge < -0.3 is 14.8 Å². The van der Waals surface area contributed by atoms with Crippen LogP contribution in [-0.2, 0) is 6.54 Å². The standard InChI is InChI=1S/C15H23NO2/c1-4-6-7-10-18-15-11-13(12-16-5-2)8-9-14(15)17-3/h4,8-9,11,16H,1,5-7,10,12H2,2-3H3. The summed E-state index contributed by atoms with van der Waals surface area (Å²) in [5.74, 6) is 1.60. The van der Waals surface area contributed by atoms with Crippen LogP contribution in [0.3, 0.4) is 0 Å². The van der Waals surface area contributed by atoms with Crippen LogP contribution in [0, 0.1) is 0 Å². The van der Waals surface area contributed by atoms with Gasteiger partial charge in [0.15, 0.2) is 11.5 Å². The van der Waals surface area contributed by atoms with E-state index in [9.17, 15) is 0 Å². The van der Waals surface area contributed by atoms with Crippen molar-refractivity contribution in [2.45, 2.75) is 26.3 Å². The van der Waals surface area contributed by atoms with Crippen LogP contribution in [-0.4, -0.2) is 20.3 Å². The van der Waals surface area contributed by atoms with Crippen LogP contribution >= 0.6 is 0 Å². The molecule has 0 atom stereocenters. The Morgan fingerprint density at radius 1 is 1.33 bits per heavy atom. The van der Waals surface area contributed by atoms with Gasteiger partial charge in [-0.25, -0.2) is 0 Å². The molecule has 3 nitrogen and oxygen atoms in total. The topological polar surface area (TPSA) is 30.5 Å². The maximum absolute atomic E-state index is 5.75. The van der Waals surface area contributed by atoms with E-state index < -0.39 is 0 Å². The van der Waals surface area contributed by atoms with Crippen molar-refractivity contribution in [3.63, 3.8) is 0 Å². The lowest BCUT2D eigenvalue weighted by Gasteiger charge is -2.12. The van der Waals surface area contributed by atoms with Crippen LogP contribution in [0.2, 0.25) is 0 Å². The van der Waals surface area contributed by atoms with Crippen molar-refractivity contribution >= 4 is 0 Å². The molecule has 0 amide bonds. The molecule has 0 aliphatic rings. The van der Waals surface area contributed by atoms with Gasteiger partial charge in [-0.05, 0) is 37.1 Å². The van der Waals surface area contributed by atoms with Crippen LogP contribution in [0.25, 0.3) is 0 Å². The molecule has 1 rings (SSSR count). The molecule has 1 aromatic carbocycles. The van der Waals surface area contributed by atoms with Crippen LogP contribution in [0.1, 0.15) is 25.3 Å². The van der Waals surface area contributed by atoms with Gasteiger partial charge in [0, 0.05) is 6.54 Å². The van der Waals surface area contributed by atoms with Gasteiger partial charge in [-0.2, -0.15) is 0 Å². The molecule has 0 spiro atoms. The lowest BCUT2D eigenvalue weighted by Crippen LogP contribution is -2.11. The van der Waals surface area contributed by atoms with Crippen molar-refractivity contribution in [3.8, 4) is 11.5 Å². The Bertz CT molecular complexity index is 364. The number of hydrogen-bond donors (Lipinski definition) is 1. The Labute approximate surface area is 110 Å². The monoisotopic (exact) mass is 249 g/mol. The molecule has 1 N–H and O–H groups in total. The summed E-state index contributed by atoms with van der Waals surface area (Å²) in [4.78, 5) is 0. The largest absolute Gasteiger partial charge is 0.493 e. The molecule has 0 saturated heterocycles. The first-order valence-corrected chi connectivity index (χ1v) is 6.43. The normalized spacial score (nSPS) is 10.1. The Hall–Kier alpha value is -1.48. The van der Waals surface area contributed by atoms with Crippen LogP contribution in [0.5, 0.6) is 11.5 Å². The minimum Gasteiger partial charge on any atom is -0.493 e. The predicted molar refractivity (Wildman–Crippen MR) is 75.3 cm³/mol. The highest BCUT2D eigenvalue weighted by molar-refractivity contribution is 5.42. The predicted octanol–water partition coefficient (Wildman–Crippen LogP) is 3.15. The summed E-state index contributed by atoms with van der Waals surface area (Å²) in [6.07, 6.45) is 3.85. The van der Waals surface area contributed by atoms with E-state index in [1.807, 2.05) is 18.2 Å². The quantitative estimate of drug-likeness (QED) is 0.538. The summed E-state index contributed by atoms with van der Waals surface area (Å²) in [7, 11) is 1.66. The molecule has 0 bridgehead atoms. The van der Waals surface area contributed by atoms with E-state index in [-0.39, 0.29) is 0 Å². The molecular formula is C15H23NO2. The fourth-order valence-electron chi connectivity index (χ4n) is 1.62. The van der Waals surface area contributed by atoms with Crippen molar-refractivity contribution in [2.24, 2.45) is 0 Å². The van der Waals surface area contributed by atoms with E-state index >= 15 is 0 Å². The molecule has 0 fully saturated rings. The van der Waals surface area contributed by atoms with E-state index in [2.05, 4.69) is 24.9 Å². The zero-order valence-electron chi connectivity index (χ0n) is 11.4. The molecule has 100 valence electrons. The molecule has 0 saturated carbocycles. The number of allylic oxidation sites excluding steroid dienone is 1. The van der Waals surface area contributed by atoms with Crippen molar-refractivity contribution in [1.29, 1.82) is 0 Å². The second-order valence-electron chi connectivity index (χ2n) is 4.04. The highest BCUT2D eigenvalue weighted by Gasteiger charge is 2.05. The number of ether oxygens (including phenoxy) is 2. The van der Waals surface area contributed by atoms with Gasteiger partial charge in [0.2, 0.25) is 0 Å². The first-order chi connectivity index (χ1) is 8.81. The molecule has 0 aliphatic carbocycles. The van der Waals surface area contributed by atoms with E-state index in [1.165, 1.54) is 5.56 Å². The Kier molecular flexibility index (Phi) is 6.96. The third kappa shape index (κ3) is 4.80. The average molecular weight is 249 g/mol. The van der Waals surface area contributed by atoms with Gasteiger partial charge in [-0.1, -0.05) is 19.1 Å². The second kappa shape index (κ2) is 8.59. The molecular weight excluding hydrogens is 226 g/mol. The molecule has 0 aliphatic heterocycles. The lowest BCUT2D eigenvalue weighted by molar-refractivity contribution is 0.290. The summed E-state index contributed by atoms with van der Waals surface area (Å²) in [6, 6.07) is 6.04. The first-order valence-electron chi connectivity index (χ1n) is 6.43. The zero-order valence-corrected chi connectivity index (χ0v) is 11.4. The van der Waals surface area contributed by atoms with Crippen molar-refractivity contribution in [3.05, 3.63) is 36.4 Å². The van der Waals surface area contributed by atoms with E-state index in [4.69, 9.17) is 9.47 Å². The van der Waals surface area contributed by atoms with Gasteiger partial charge in [-0.15, -0.1) is 6.58 Å². The molecule has 18 heavy (non-hydrogen) atoms. The SMILES string of the molecule is C=CCCCOc1cc(CNCC)ccc1OC. The molecule has 3 heteroatoms. The van der Waals surface area contributed by atoms with Gasteiger partial charge in [0.1, 0.15) is 0 Å². The van der Waals surface area contributed by atoms with Crippen molar-refractivity contribution < 1.29 is 9.47 Å². The van der Waals surface area contributed by atoms with Crippen molar-refractivity contribution in [2.75, 3.05) is 20.3 Å². The van der Waals surface area contributed by atoms with Gasteiger partial charge in [-0.3, -0.25) is 0 Å². The highest BCUT2D eigenvalue weighted by Crippen LogP contribution is 2.28. The van der Waals surface area contributed by atoms with Gasteiger partial charge in [0.25, 0.3) is 0 Å². The highest BCUT2D eigenvalue weighted by atomic mass is 16.5. The zero-order chi connectivity index (χ0) is 13.2. The molecule has 0 heterocycles. The number of nitrogens with one attached hydrogen (secondary N) is 1. The summed E-state index contributed by atoms with van der Waals surface area (Å²) in [6.45, 7) is 8.29. The smallest absolute Gasteiger partial charge is 0.161 e. The maximum atomic E-state index is 5.75. The summed E-state index contributed by atoms with van der Waals surface area (Å²) < 4.78 is 11.0. The number of benzene rings is 1. The third-order valence-electron chi connectivity index (χ3n) is 2.62. The average Bonchev–Trinajstić information content (AvgIpc) is 2.41. The Balaban J connectivity index is 2.62. The molecule has 0 aromatic heterocycles. The number of hydrogen-bond acceptors (Lipinski definition) is 3. The summed E-state index contributed by atoms with van der Waals surface area (Å²) in [5, 5.41) is 3.30.